The quantitative estimate of drug-likeness (QED) is 0.560. The molecule has 140 valence electrons. The Bertz CT molecular complexity index is 1150. The number of pyridine rings is 2. The number of benzene rings is 1. The number of alkyl halides is 3. The second-order valence-corrected chi connectivity index (χ2v) is 6.03. The number of halogens is 3. The molecule has 0 unspecified atom stereocenters. The number of amides is 1. The maximum Gasteiger partial charge on any atom is 0.416 e. The SMILES string of the molecule is O=C(Nc1ccccn1)c1cccn2cc(-c3cccc(C(F)(F)F)c3)nc12. The van der Waals surface area contributed by atoms with Crippen LogP contribution in [0.2, 0.25) is 0 Å². The number of nitrogens with one attached hydrogen (secondary N) is 1. The van der Waals surface area contributed by atoms with Crippen molar-refractivity contribution in [3.05, 3.63) is 84.3 Å². The molecule has 28 heavy (non-hydrogen) atoms. The van der Waals surface area contributed by atoms with Gasteiger partial charge in [-0.2, -0.15) is 13.2 Å². The van der Waals surface area contributed by atoms with Crippen molar-refractivity contribution in [1.29, 1.82) is 0 Å². The zero-order chi connectivity index (χ0) is 19.7. The lowest BCUT2D eigenvalue weighted by atomic mass is 10.1. The molecular weight excluding hydrogens is 369 g/mol. The fourth-order valence-corrected chi connectivity index (χ4v) is 2.80. The van der Waals surface area contributed by atoms with E-state index in [9.17, 15) is 18.0 Å². The molecule has 0 saturated carbocycles. The number of aromatic nitrogens is 3. The van der Waals surface area contributed by atoms with E-state index in [0.29, 0.717) is 22.7 Å². The highest BCUT2D eigenvalue weighted by atomic mass is 19.4. The molecule has 4 rings (SSSR count). The highest BCUT2D eigenvalue weighted by molar-refractivity contribution is 6.08. The van der Waals surface area contributed by atoms with Crippen molar-refractivity contribution in [1.82, 2.24) is 14.4 Å². The molecule has 0 fully saturated rings. The average molecular weight is 382 g/mol. The van der Waals surface area contributed by atoms with Gasteiger partial charge in [0.25, 0.3) is 5.91 Å². The summed E-state index contributed by atoms with van der Waals surface area (Å²) in [5.41, 5.74) is 0.517. The Hall–Kier alpha value is -3.68. The van der Waals surface area contributed by atoms with Gasteiger partial charge in [0.05, 0.1) is 16.8 Å². The Morgan fingerprint density at radius 3 is 2.64 bits per heavy atom. The number of carbonyl (C=O) groups is 1. The van der Waals surface area contributed by atoms with Gasteiger partial charge >= 0.3 is 6.18 Å². The molecule has 1 N–H and O–H groups in total. The standard InChI is InChI=1S/C20H13F3N4O/c21-20(22,23)14-6-3-5-13(11-14)16-12-27-10-4-7-15(18(27)25-16)19(28)26-17-8-1-2-9-24-17/h1-12H,(H,24,26,28). The van der Waals surface area contributed by atoms with Crippen molar-refractivity contribution >= 4 is 17.4 Å². The average Bonchev–Trinajstić information content (AvgIpc) is 3.12. The minimum Gasteiger partial charge on any atom is -0.306 e. The van der Waals surface area contributed by atoms with Crippen molar-refractivity contribution in [2.75, 3.05) is 5.32 Å². The van der Waals surface area contributed by atoms with Crippen molar-refractivity contribution in [3.63, 3.8) is 0 Å². The number of hydrogen-bond acceptors (Lipinski definition) is 3. The van der Waals surface area contributed by atoms with E-state index < -0.39 is 17.6 Å². The van der Waals surface area contributed by atoms with E-state index >= 15 is 0 Å². The lowest BCUT2D eigenvalue weighted by molar-refractivity contribution is -0.137. The van der Waals surface area contributed by atoms with Crippen LogP contribution in [0.1, 0.15) is 15.9 Å². The summed E-state index contributed by atoms with van der Waals surface area (Å²) in [6.07, 6.45) is 0.375. The lowest BCUT2D eigenvalue weighted by Crippen LogP contribution is -2.14. The number of hydrogen-bond donors (Lipinski definition) is 1. The molecular formula is C20H13F3N4O. The highest BCUT2D eigenvalue weighted by Gasteiger charge is 2.30. The van der Waals surface area contributed by atoms with Gasteiger partial charge in [-0.3, -0.25) is 4.79 Å². The Kier molecular flexibility index (Phi) is 4.31. The summed E-state index contributed by atoms with van der Waals surface area (Å²) in [5, 5.41) is 2.68. The molecule has 1 aromatic carbocycles. The number of carbonyl (C=O) groups excluding carboxylic acids is 1. The van der Waals surface area contributed by atoms with Gasteiger partial charge in [-0.05, 0) is 36.4 Å². The van der Waals surface area contributed by atoms with Crippen LogP contribution in [0.25, 0.3) is 16.9 Å². The molecule has 3 heterocycles. The smallest absolute Gasteiger partial charge is 0.306 e. The molecule has 8 heteroatoms. The second kappa shape index (κ2) is 6.80. The predicted octanol–water partition coefficient (Wildman–Crippen LogP) is 4.67. The zero-order valence-electron chi connectivity index (χ0n) is 14.3. The van der Waals surface area contributed by atoms with E-state index in [1.165, 1.54) is 6.07 Å². The third-order valence-corrected chi connectivity index (χ3v) is 4.12. The molecule has 0 aliphatic rings. The maximum atomic E-state index is 13.0. The minimum absolute atomic E-state index is 0.284. The fraction of sp³-hybridized carbons (Fsp3) is 0.0500. The van der Waals surface area contributed by atoms with E-state index in [2.05, 4.69) is 15.3 Å². The Balaban J connectivity index is 1.73. The first-order valence-electron chi connectivity index (χ1n) is 8.29. The summed E-state index contributed by atoms with van der Waals surface area (Å²) in [6, 6.07) is 13.3. The molecule has 0 saturated heterocycles. The molecule has 0 radical (unpaired) electrons. The number of anilines is 1. The summed E-state index contributed by atoms with van der Waals surface area (Å²) in [6.45, 7) is 0. The highest BCUT2D eigenvalue weighted by Crippen LogP contribution is 2.32. The van der Waals surface area contributed by atoms with Gasteiger partial charge in [-0.15, -0.1) is 0 Å². The van der Waals surface area contributed by atoms with Crippen LogP contribution in [0, 0.1) is 0 Å². The van der Waals surface area contributed by atoms with E-state index in [1.807, 2.05) is 0 Å². The summed E-state index contributed by atoms with van der Waals surface area (Å²) < 4.78 is 40.5. The van der Waals surface area contributed by atoms with Gasteiger partial charge in [-0.1, -0.05) is 18.2 Å². The Morgan fingerprint density at radius 2 is 1.89 bits per heavy atom. The van der Waals surface area contributed by atoms with Crippen molar-refractivity contribution in [2.45, 2.75) is 6.18 Å². The first-order valence-corrected chi connectivity index (χ1v) is 8.29. The second-order valence-electron chi connectivity index (χ2n) is 6.03. The molecule has 3 aromatic heterocycles. The number of nitrogens with zero attached hydrogens (tertiary/aromatic N) is 3. The molecule has 1 amide bonds. The van der Waals surface area contributed by atoms with Crippen molar-refractivity contribution in [2.24, 2.45) is 0 Å². The molecule has 0 bridgehead atoms. The van der Waals surface area contributed by atoms with Gasteiger partial charge in [0.1, 0.15) is 11.5 Å². The van der Waals surface area contributed by atoms with E-state index in [1.54, 1.807) is 59.4 Å². The molecule has 5 nitrogen and oxygen atoms in total. The third-order valence-electron chi connectivity index (χ3n) is 4.12. The zero-order valence-corrected chi connectivity index (χ0v) is 14.3. The van der Waals surface area contributed by atoms with Crippen LogP contribution < -0.4 is 5.32 Å². The molecule has 0 aliphatic carbocycles. The van der Waals surface area contributed by atoms with Gasteiger partial charge in [0.2, 0.25) is 0 Å². The molecule has 0 spiro atoms. The number of rotatable bonds is 3. The van der Waals surface area contributed by atoms with Crippen LogP contribution >= 0.6 is 0 Å². The van der Waals surface area contributed by atoms with E-state index in [0.717, 1.165) is 12.1 Å². The molecule has 0 atom stereocenters. The Labute approximate surface area is 157 Å². The van der Waals surface area contributed by atoms with Crippen molar-refractivity contribution < 1.29 is 18.0 Å². The molecule has 4 aromatic rings. The topological polar surface area (TPSA) is 59.3 Å². The molecule has 0 aliphatic heterocycles. The van der Waals surface area contributed by atoms with Crippen LogP contribution in [0.15, 0.2) is 73.2 Å². The van der Waals surface area contributed by atoms with E-state index in [-0.39, 0.29) is 5.56 Å². The minimum atomic E-state index is -4.44. The van der Waals surface area contributed by atoms with Crippen LogP contribution in [-0.2, 0) is 6.18 Å². The van der Waals surface area contributed by atoms with Gasteiger partial charge < -0.3 is 9.72 Å². The number of fused-ring (bicyclic) bond motifs is 1. The van der Waals surface area contributed by atoms with E-state index in [4.69, 9.17) is 0 Å². The fourth-order valence-electron chi connectivity index (χ4n) is 2.80. The predicted molar refractivity (Wildman–Crippen MR) is 97.8 cm³/mol. The summed E-state index contributed by atoms with van der Waals surface area (Å²) in [4.78, 5) is 21.0. The van der Waals surface area contributed by atoms with Gasteiger partial charge in [0, 0.05) is 24.2 Å². The van der Waals surface area contributed by atoms with Crippen LogP contribution in [-0.4, -0.2) is 20.3 Å². The Morgan fingerprint density at radius 1 is 1.04 bits per heavy atom. The largest absolute Gasteiger partial charge is 0.416 e. The normalized spacial score (nSPS) is 11.5. The number of imidazole rings is 1. The van der Waals surface area contributed by atoms with Crippen molar-refractivity contribution in [3.8, 4) is 11.3 Å². The van der Waals surface area contributed by atoms with Crippen LogP contribution in [0.5, 0.6) is 0 Å². The van der Waals surface area contributed by atoms with Crippen LogP contribution in [0.3, 0.4) is 0 Å². The lowest BCUT2D eigenvalue weighted by Gasteiger charge is -2.07. The summed E-state index contributed by atoms with van der Waals surface area (Å²) >= 11 is 0. The first kappa shape index (κ1) is 17.7. The summed E-state index contributed by atoms with van der Waals surface area (Å²) in [7, 11) is 0. The summed E-state index contributed by atoms with van der Waals surface area (Å²) in [5.74, 6) is -0.0235. The monoisotopic (exact) mass is 382 g/mol. The van der Waals surface area contributed by atoms with Crippen LogP contribution in [0.4, 0.5) is 19.0 Å². The first-order chi connectivity index (χ1) is 13.4. The maximum absolute atomic E-state index is 13.0. The van der Waals surface area contributed by atoms with Gasteiger partial charge in [-0.25, -0.2) is 9.97 Å². The third kappa shape index (κ3) is 3.44. The van der Waals surface area contributed by atoms with Gasteiger partial charge in [0.15, 0.2) is 0 Å².